The Hall–Kier alpha value is -1.77. The van der Waals surface area contributed by atoms with Crippen molar-refractivity contribution in [2.24, 2.45) is 0 Å². The van der Waals surface area contributed by atoms with Crippen molar-refractivity contribution in [3.8, 4) is 0 Å². The van der Waals surface area contributed by atoms with Crippen LogP contribution >= 0.6 is 0 Å². The van der Waals surface area contributed by atoms with Crippen molar-refractivity contribution in [2.45, 2.75) is 56.6 Å². The fourth-order valence-electron chi connectivity index (χ4n) is 3.48. The first-order valence-corrected chi connectivity index (χ1v) is 8.14. The van der Waals surface area contributed by atoms with Crippen LogP contribution in [0.15, 0.2) is 12.7 Å². The van der Waals surface area contributed by atoms with Gasteiger partial charge in [0.25, 0.3) is 0 Å². The van der Waals surface area contributed by atoms with Crippen LogP contribution in [0.2, 0.25) is 0 Å². The van der Waals surface area contributed by atoms with Gasteiger partial charge in [-0.2, -0.15) is 0 Å². The number of rotatable bonds is 4. The third-order valence-electron chi connectivity index (χ3n) is 4.75. The summed E-state index contributed by atoms with van der Waals surface area (Å²) in [6, 6.07) is 0.446. The van der Waals surface area contributed by atoms with E-state index in [1.54, 1.807) is 10.9 Å². The first-order valence-electron chi connectivity index (χ1n) is 8.14. The molecule has 1 aliphatic heterocycles. The highest BCUT2D eigenvalue weighted by Crippen LogP contribution is 2.32. The molecule has 0 amide bonds. The van der Waals surface area contributed by atoms with Crippen LogP contribution in [0.4, 0.5) is 5.82 Å². The van der Waals surface area contributed by atoms with Gasteiger partial charge >= 0.3 is 0 Å². The molecule has 2 aromatic heterocycles. The van der Waals surface area contributed by atoms with Gasteiger partial charge in [0, 0.05) is 12.5 Å². The highest BCUT2D eigenvalue weighted by molar-refractivity contribution is 5.82. The van der Waals surface area contributed by atoms with Crippen molar-refractivity contribution >= 4 is 17.0 Å². The first-order chi connectivity index (χ1) is 11.3. The zero-order valence-corrected chi connectivity index (χ0v) is 12.8. The molecule has 2 aliphatic rings. The molecule has 23 heavy (non-hydrogen) atoms. The van der Waals surface area contributed by atoms with E-state index in [2.05, 4.69) is 20.3 Å². The minimum Gasteiger partial charge on any atom is -0.394 e. The highest BCUT2D eigenvalue weighted by atomic mass is 16.5. The molecule has 0 radical (unpaired) electrons. The minimum absolute atomic E-state index is 0.201. The topological polar surface area (TPSA) is 105 Å². The van der Waals surface area contributed by atoms with Crippen LogP contribution in [0, 0.1) is 0 Å². The van der Waals surface area contributed by atoms with Gasteiger partial charge in [-0.1, -0.05) is 12.8 Å². The second-order valence-electron chi connectivity index (χ2n) is 6.29. The quantitative estimate of drug-likeness (QED) is 0.766. The van der Waals surface area contributed by atoms with Crippen molar-refractivity contribution in [3.05, 3.63) is 12.7 Å². The fraction of sp³-hybridized carbons (Fsp3) is 0.667. The molecule has 0 bridgehead atoms. The summed E-state index contributed by atoms with van der Waals surface area (Å²) >= 11 is 0. The SMILES string of the molecule is OCC1O[C@@H](n2cnc3c(NC4CCCC4)ncnc32)C[C@@H]1O. The number of ether oxygens (including phenoxy) is 1. The predicted octanol–water partition coefficient (Wildman–Crippen LogP) is 0.821. The summed E-state index contributed by atoms with van der Waals surface area (Å²) in [5.41, 5.74) is 1.39. The number of aromatic nitrogens is 4. The summed E-state index contributed by atoms with van der Waals surface area (Å²) in [6.07, 6.45) is 6.78. The molecule has 2 fully saturated rings. The van der Waals surface area contributed by atoms with E-state index in [0.717, 1.165) is 18.7 Å². The van der Waals surface area contributed by atoms with Crippen molar-refractivity contribution in [1.29, 1.82) is 0 Å². The summed E-state index contributed by atoms with van der Waals surface area (Å²) in [4.78, 5) is 13.1. The van der Waals surface area contributed by atoms with Crippen LogP contribution in [0.5, 0.6) is 0 Å². The predicted molar refractivity (Wildman–Crippen MR) is 82.8 cm³/mol. The number of aliphatic hydroxyl groups excluding tert-OH is 2. The molecule has 0 spiro atoms. The summed E-state index contributed by atoms with van der Waals surface area (Å²) in [5, 5.41) is 22.6. The summed E-state index contributed by atoms with van der Waals surface area (Å²) < 4.78 is 7.49. The molecule has 1 saturated carbocycles. The van der Waals surface area contributed by atoms with Crippen molar-refractivity contribution in [2.75, 3.05) is 11.9 Å². The second-order valence-corrected chi connectivity index (χ2v) is 6.29. The molecule has 0 aromatic carbocycles. The van der Waals surface area contributed by atoms with Crippen molar-refractivity contribution in [1.82, 2.24) is 19.5 Å². The average Bonchev–Trinajstić information content (AvgIpc) is 3.26. The van der Waals surface area contributed by atoms with Gasteiger partial charge in [-0.15, -0.1) is 0 Å². The van der Waals surface area contributed by atoms with Gasteiger partial charge in [-0.05, 0) is 12.8 Å². The van der Waals surface area contributed by atoms with Crippen LogP contribution in [0.3, 0.4) is 0 Å². The molecule has 3 atom stereocenters. The molecular weight excluding hydrogens is 298 g/mol. The lowest BCUT2D eigenvalue weighted by atomic mass is 10.2. The third-order valence-corrected chi connectivity index (χ3v) is 4.75. The lowest BCUT2D eigenvalue weighted by Crippen LogP contribution is -2.24. The minimum atomic E-state index is -0.680. The molecule has 2 aromatic rings. The van der Waals surface area contributed by atoms with E-state index in [0.29, 0.717) is 23.6 Å². The highest BCUT2D eigenvalue weighted by Gasteiger charge is 2.35. The normalized spacial score (nSPS) is 28.7. The van der Waals surface area contributed by atoms with E-state index < -0.39 is 12.2 Å². The molecule has 3 N–H and O–H groups in total. The lowest BCUT2D eigenvalue weighted by molar-refractivity contribution is -0.0432. The number of hydrogen-bond donors (Lipinski definition) is 3. The van der Waals surface area contributed by atoms with E-state index in [9.17, 15) is 10.2 Å². The van der Waals surface area contributed by atoms with E-state index in [4.69, 9.17) is 4.74 Å². The molecular formula is C15H21N5O3. The lowest BCUT2D eigenvalue weighted by Gasteiger charge is -2.14. The molecule has 124 valence electrons. The molecule has 1 unspecified atom stereocenters. The average molecular weight is 319 g/mol. The Morgan fingerprint density at radius 1 is 1.26 bits per heavy atom. The van der Waals surface area contributed by atoms with Gasteiger partial charge in [-0.3, -0.25) is 4.57 Å². The van der Waals surface area contributed by atoms with E-state index in [1.165, 1.54) is 19.2 Å². The van der Waals surface area contributed by atoms with Crippen molar-refractivity contribution < 1.29 is 14.9 Å². The third kappa shape index (κ3) is 2.66. The Bertz CT molecular complexity index is 685. The Labute approximate surface area is 133 Å². The molecule has 1 saturated heterocycles. The molecule has 4 rings (SSSR count). The zero-order chi connectivity index (χ0) is 15.8. The standard InChI is InChI=1S/C15H21N5O3/c21-6-11-10(22)5-12(23-11)20-8-18-13-14(16-7-17-15(13)20)19-9-3-1-2-4-9/h7-12,21-22H,1-6H2,(H,16,17,19)/t10-,11?,12+/m0/s1. The van der Waals surface area contributed by atoms with Gasteiger partial charge in [-0.25, -0.2) is 15.0 Å². The number of fused-ring (bicyclic) bond motifs is 1. The smallest absolute Gasteiger partial charge is 0.167 e. The van der Waals surface area contributed by atoms with Crippen molar-refractivity contribution in [3.63, 3.8) is 0 Å². The van der Waals surface area contributed by atoms with E-state index in [-0.39, 0.29) is 12.8 Å². The van der Waals surface area contributed by atoms with Gasteiger partial charge in [0.2, 0.25) is 0 Å². The van der Waals surface area contributed by atoms with Crippen LogP contribution in [-0.2, 0) is 4.74 Å². The fourth-order valence-corrected chi connectivity index (χ4v) is 3.48. The largest absolute Gasteiger partial charge is 0.394 e. The second kappa shape index (κ2) is 6.03. The molecule has 8 nitrogen and oxygen atoms in total. The number of nitrogens with zero attached hydrogens (tertiary/aromatic N) is 4. The maximum atomic E-state index is 9.91. The maximum absolute atomic E-state index is 9.91. The summed E-state index contributed by atoms with van der Waals surface area (Å²) in [6.45, 7) is -0.201. The number of hydrogen-bond acceptors (Lipinski definition) is 7. The molecule has 3 heterocycles. The van der Waals surface area contributed by atoms with Crippen LogP contribution < -0.4 is 5.32 Å². The molecule has 1 aliphatic carbocycles. The number of nitrogens with one attached hydrogen (secondary N) is 1. The maximum Gasteiger partial charge on any atom is 0.167 e. The Kier molecular flexibility index (Phi) is 3.88. The van der Waals surface area contributed by atoms with Gasteiger partial charge in [0.1, 0.15) is 18.7 Å². The van der Waals surface area contributed by atoms with Crippen LogP contribution in [0.25, 0.3) is 11.2 Å². The Balaban J connectivity index is 1.62. The Morgan fingerprint density at radius 2 is 2.09 bits per heavy atom. The molecule has 8 heteroatoms. The Morgan fingerprint density at radius 3 is 2.83 bits per heavy atom. The number of anilines is 1. The summed E-state index contributed by atoms with van der Waals surface area (Å²) in [5.74, 6) is 0.748. The van der Waals surface area contributed by atoms with Gasteiger partial charge in [0.15, 0.2) is 17.0 Å². The first kappa shape index (κ1) is 14.8. The monoisotopic (exact) mass is 319 g/mol. The number of imidazole rings is 1. The zero-order valence-electron chi connectivity index (χ0n) is 12.8. The summed E-state index contributed by atoms with van der Waals surface area (Å²) in [7, 11) is 0. The van der Waals surface area contributed by atoms with E-state index in [1.807, 2.05) is 0 Å². The van der Waals surface area contributed by atoms with Gasteiger partial charge in [0.05, 0.1) is 19.0 Å². The van der Waals surface area contributed by atoms with Crippen LogP contribution in [-0.4, -0.2) is 54.6 Å². The number of aliphatic hydroxyl groups is 2. The van der Waals surface area contributed by atoms with Crippen LogP contribution in [0.1, 0.15) is 38.3 Å². The van der Waals surface area contributed by atoms with E-state index >= 15 is 0 Å². The van der Waals surface area contributed by atoms with Gasteiger partial charge < -0.3 is 20.3 Å².